The first-order valence-electron chi connectivity index (χ1n) is 23.8. The van der Waals surface area contributed by atoms with Crippen LogP contribution in [0.5, 0.6) is 5.75 Å². The number of pyridine rings is 1. The molecule has 3 saturated heterocycles. The van der Waals surface area contributed by atoms with E-state index in [4.69, 9.17) is 16.3 Å². The van der Waals surface area contributed by atoms with Crippen molar-refractivity contribution in [2.75, 3.05) is 37.4 Å². The average molecular weight is 1070 g/mol. The second-order valence-electron chi connectivity index (χ2n) is 21.0. The number of fused-ring (bicyclic) bond motifs is 3. The fourth-order valence-corrected chi connectivity index (χ4v) is 13.4. The highest BCUT2D eigenvalue weighted by atomic mass is 35.5. The summed E-state index contributed by atoms with van der Waals surface area (Å²) in [5.41, 5.74) is -0.131. The Hall–Kier alpha value is -5.78. The van der Waals surface area contributed by atoms with Crippen molar-refractivity contribution < 1.29 is 49.9 Å². The van der Waals surface area contributed by atoms with Crippen molar-refractivity contribution in [3.05, 3.63) is 111 Å². The maximum atomic E-state index is 16.3. The van der Waals surface area contributed by atoms with Gasteiger partial charge in [-0.2, -0.15) is 17.5 Å². The second kappa shape index (κ2) is 18.9. The van der Waals surface area contributed by atoms with Crippen LogP contribution in [0.1, 0.15) is 104 Å². The van der Waals surface area contributed by atoms with Crippen LogP contribution in [0.3, 0.4) is 0 Å². The number of halogens is 6. The Bertz CT molecular complexity index is 3130. The van der Waals surface area contributed by atoms with Gasteiger partial charge in [0.15, 0.2) is 0 Å². The molecule has 1 saturated carbocycles. The van der Waals surface area contributed by atoms with Crippen LogP contribution in [0.2, 0.25) is 5.02 Å². The molecule has 21 heteroatoms. The summed E-state index contributed by atoms with van der Waals surface area (Å²) in [6.45, 7) is 6.72. The fraction of sp³-hybridized carbons (Fsp3) is 0.442. The highest BCUT2D eigenvalue weighted by molar-refractivity contribution is 7.89. The number of piperidine rings is 2. The lowest BCUT2D eigenvalue weighted by Crippen LogP contribution is -2.52. The number of methoxy groups -OCH3 is 1. The summed E-state index contributed by atoms with van der Waals surface area (Å²) in [4.78, 5) is 57.7. The maximum Gasteiger partial charge on any atom is 0.433 e. The number of hydrogen-bond acceptors (Lipinski definition) is 10. The van der Waals surface area contributed by atoms with Crippen LogP contribution in [0, 0.1) is 34.4 Å². The number of nitrogens with one attached hydrogen (secondary N) is 4. The van der Waals surface area contributed by atoms with Crippen LogP contribution in [0.15, 0.2) is 71.8 Å². The molecule has 73 heavy (non-hydrogen) atoms. The number of carbonyl (C=O) groups is 4. The third-order valence-electron chi connectivity index (χ3n) is 15.5. The van der Waals surface area contributed by atoms with Crippen LogP contribution in [-0.2, 0) is 42.5 Å². The molecular weight excluding hydrogens is 1010 g/mol. The molecule has 6 aliphatic rings. The standard InChI is InChI=1S/C52H52ClF4N7O7S.ClH/c1-49(2,3)24-41-51(27-59-37-22-40(52(55,56)57)58-25-34(37)51)43(32-9-6-10-35(53)44(32)54)45(61-41)47(67)60-36-14-13-30(21-39(36)71-4)72(69,70)63-19-17-50(18-20-63)23-29(50)12-11-28-7-5-8-31-33(28)26-64(48(31)68)38-15-16-42(65)62-46(38)66;/h5-10,13-14,21-22,25,29,38,41,43,45,59,61H,15-20,23-24,26-27H2,1-4H3,(H,60,67)(H,62,65,66);1H/t29-,38+,41+,43+,45-,51+;/m1./s1. The van der Waals surface area contributed by atoms with Crippen molar-refractivity contribution in [3.63, 3.8) is 0 Å². The first kappa shape index (κ1) is 52.1. The summed E-state index contributed by atoms with van der Waals surface area (Å²) in [5, 5.41) is 11.6. The first-order valence-corrected chi connectivity index (χ1v) is 25.7. The van der Waals surface area contributed by atoms with Crippen molar-refractivity contribution >= 4 is 69.0 Å². The van der Waals surface area contributed by atoms with Crippen LogP contribution < -0.4 is 26.0 Å². The summed E-state index contributed by atoms with van der Waals surface area (Å²) in [7, 11) is -2.71. The maximum absolute atomic E-state index is 16.3. The molecule has 14 nitrogen and oxygen atoms in total. The zero-order valence-corrected chi connectivity index (χ0v) is 42.6. The molecule has 6 heterocycles. The number of alkyl halides is 3. The largest absolute Gasteiger partial charge is 0.495 e. The molecule has 0 radical (unpaired) electrons. The molecule has 1 aliphatic carbocycles. The van der Waals surface area contributed by atoms with E-state index in [1.165, 1.54) is 46.6 Å². The molecule has 4 fully saturated rings. The highest BCUT2D eigenvalue weighted by Gasteiger charge is 2.62. The van der Waals surface area contributed by atoms with Gasteiger partial charge in [0, 0.05) is 90.5 Å². The Labute approximate surface area is 431 Å². The number of hydrogen-bond donors (Lipinski definition) is 4. The number of carbonyl (C=O) groups excluding carboxylic acids is 4. The topological polar surface area (TPSA) is 179 Å². The van der Waals surface area contributed by atoms with Crippen LogP contribution in [-0.4, -0.2) is 91.1 Å². The van der Waals surface area contributed by atoms with Crippen molar-refractivity contribution in [1.82, 2.24) is 24.8 Å². The number of benzene rings is 3. The number of nitrogens with zero attached hydrogens (tertiary/aromatic N) is 3. The summed E-state index contributed by atoms with van der Waals surface area (Å²) >= 11 is 6.36. The molecule has 10 rings (SSSR count). The number of amides is 4. The molecule has 3 aromatic carbocycles. The van der Waals surface area contributed by atoms with Crippen molar-refractivity contribution in [2.45, 2.75) is 106 Å². The molecule has 1 aromatic heterocycles. The van der Waals surface area contributed by atoms with Gasteiger partial charge in [-0.3, -0.25) is 29.5 Å². The van der Waals surface area contributed by atoms with Gasteiger partial charge in [-0.05, 0) is 90.5 Å². The molecule has 2 spiro atoms. The van der Waals surface area contributed by atoms with Gasteiger partial charge in [-0.1, -0.05) is 62.4 Å². The third kappa shape index (κ3) is 9.21. The van der Waals surface area contributed by atoms with E-state index in [0.717, 1.165) is 24.2 Å². The Balaban J connectivity index is 0.00000656. The monoisotopic (exact) mass is 1070 g/mol. The minimum atomic E-state index is -4.72. The van der Waals surface area contributed by atoms with Crippen molar-refractivity contribution in [1.29, 1.82) is 0 Å². The average Bonchev–Trinajstić information content (AvgIpc) is 3.54. The number of ether oxygens (including phenoxy) is 1. The Morgan fingerprint density at radius 1 is 1.04 bits per heavy atom. The Morgan fingerprint density at radius 3 is 2.48 bits per heavy atom. The van der Waals surface area contributed by atoms with Crippen LogP contribution in [0.4, 0.5) is 28.9 Å². The van der Waals surface area contributed by atoms with Gasteiger partial charge in [0.25, 0.3) is 5.91 Å². The predicted octanol–water partition coefficient (Wildman–Crippen LogP) is 7.79. The second-order valence-corrected chi connectivity index (χ2v) is 23.3. The summed E-state index contributed by atoms with van der Waals surface area (Å²) in [6, 6.07) is 12.3. The van der Waals surface area contributed by atoms with E-state index >= 15 is 4.39 Å². The first-order chi connectivity index (χ1) is 34.0. The number of sulfonamides is 1. The van der Waals surface area contributed by atoms with E-state index in [-0.39, 0.29) is 113 Å². The minimum Gasteiger partial charge on any atom is -0.495 e. The predicted molar refractivity (Wildman–Crippen MR) is 265 cm³/mol. The number of imide groups is 1. The number of rotatable bonds is 8. The van der Waals surface area contributed by atoms with E-state index in [1.54, 1.807) is 18.2 Å². The summed E-state index contributed by atoms with van der Waals surface area (Å²) in [5.74, 6) is 3.20. The number of aromatic nitrogens is 1. The van der Waals surface area contributed by atoms with Crippen molar-refractivity contribution in [3.8, 4) is 17.6 Å². The van der Waals surface area contributed by atoms with Gasteiger partial charge >= 0.3 is 6.18 Å². The van der Waals surface area contributed by atoms with E-state index in [0.29, 0.717) is 36.0 Å². The normalized spacial score (nSPS) is 25.3. The van der Waals surface area contributed by atoms with Gasteiger partial charge in [0.05, 0.1) is 28.8 Å². The molecule has 0 bridgehead atoms. The van der Waals surface area contributed by atoms with Gasteiger partial charge < -0.3 is 25.6 Å². The lowest BCUT2D eigenvalue weighted by Gasteiger charge is -2.39. The van der Waals surface area contributed by atoms with Gasteiger partial charge in [-0.15, -0.1) is 12.4 Å². The Kier molecular flexibility index (Phi) is 13.5. The zero-order chi connectivity index (χ0) is 51.3. The summed E-state index contributed by atoms with van der Waals surface area (Å²) < 4.78 is 93.6. The van der Waals surface area contributed by atoms with E-state index in [1.807, 2.05) is 26.8 Å². The Morgan fingerprint density at radius 2 is 1.78 bits per heavy atom. The van der Waals surface area contributed by atoms with E-state index in [2.05, 4.69) is 38.1 Å². The molecule has 0 unspecified atom stereocenters. The molecular formula is C52H53Cl2F4N7O7S. The molecule has 6 atom stereocenters. The zero-order valence-electron chi connectivity index (χ0n) is 40.2. The molecule has 386 valence electrons. The molecule has 4 amide bonds. The quantitative estimate of drug-likeness (QED) is 0.0774. The highest BCUT2D eigenvalue weighted by Crippen LogP contribution is 2.60. The van der Waals surface area contributed by atoms with Crippen LogP contribution >= 0.6 is 24.0 Å². The van der Waals surface area contributed by atoms with Crippen molar-refractivity contribution in [2.24, 2.45) is 16.7 Å². The number of anilines is 2. The minimum absolute atomic E-state index is 0. The third-order valence-corrected chi connectivity index (χ3v) is 17.7. The summed E-state index contributed by atoms with van der Waals surface area (Å²) in [6.07, 6.45) is -0.782. The smallest absolute Gasteiger partial charge is 0.433 e. The molecule has 5 aliphatic heterocycles. The lowest BCUT2D eigenvalue weighted by atomic mass is 9.63. The van der Waals surface area contributed by atoms with E-state index in [9.17, 15) is 40.8 Å². The van der Waals surface area contributed by atoms with Crippen LogP contribution in [0.25, 0.3) is 0 Å². The van der Waals surface area contributed by atoms with Gasteiger partial charge in [0.1, 0.15) is 23.3 Å². The van der Waals surface area contributed by atoms with Gasteiger partial charge in [0.2, 0.25) is 27.7 Å². The SMILES string of the molecule is COc1cc(S(=O)(=O)N2CCC3(CC2)C[C@H]3C#Cc2cccc3c2CN([C@H]2CCC(=O)NC2=O)C3=O)ccc1NC(=O)[C@@H]1N[C@@H](CC(C)(C)C)[C@@]2(CNc3cc(C(F)(F)F)ncc32)[C@H]1c1cccc(Cl)c1F.Cl. The van der Waals surface area contributed by atoms with Gasteiger partial charge in [-0.25, -0.2) is 12.8 Å². The van der Waals surface area contributed by atoms with E-state index < -0.39 is 69.0 Å². The molecule has 4 aromatic rings. The fourth-order valence-electron chi connectivity index (χ4n) is 11.8. The molecule has 4 N–H and O–H groups in total. The lowest BCUT2D eigenvalue weighted by molar-refractivity contribution is -0.141.